The molecule has 1 aromatic heterocycles. The van der Waals surface area contributed by atoms with Crippen LogP contribution < -0.4 is 4.90 Å². The van der Waals surface area contributed by atoms with Crippen molar-refractivity contribution in [2.24, 2.45) is 5.92 Å². The Bertz CT molecular complexity index is 517. The quantitative estimate of drug-likeness (QED) is 0.781. The van der Waals surface area contributed by atoms with E-state index in [9.17, 15) is 4.79 Å². The summed E-state index contributed by atoms with van der Waals surface area (Å²) in [4.78, 5) is 20.3. The average molecular weight is 310 g/mol. The molecular formula is C15H22N2O3S. The number of thiazole rings is 1. The second kappa shape index (κ2) is 6.32. The predicted molar refractivity (Wildman–Crippen MR) is 82.0 cm³/mol. The molecule has 0 amide bonds. The van der Waals surface area contributed by atoms with Gasteiger partial charge in [0.05, 0.1) is 18.9 Å². The van der Waals surface area contributed by atoms with Gasteiger partial charge in [0.1, 0.15) is 5.92 Å². The fraction of sp³-hybridized carbons (Fsp3) is 0.733. The highest BCUT2D eigenvalue weighted by Crippen LogP contribution is 2.41. The molecule has 3 rings (SSSR count). The summed E-state index contributed by atoms with van der Waals surface area (Å²) in [6.45, 7) is 5.13. The maximum atomic E-state index is 12.0. The minimum atomic E-state index is -0.151. The normalized spacial score (nSPS) is 24.4. The molecule has 0 radical (unpaired) electrons. The van der Waals surface area contributed by atoms with Crippen LogP contribution in [0, 0.1) is 5.92 Å². The van der Waals surface area contributed by atoms with E-state index in [-0.39, 0.29) is 11.9 Å². The summed E-state index contributed by atoms with van der Waals surface area (Å²) in [5.74, 6) is 0.323. The summed E-state index contributed by atoms with van der Waals surface area (Å²) in [6.07, 6.45) is 2.95. The van der Waals surface area contributed by atoms with Crippen LogP contribution in [0.25, 0.3) is 0 Å². The van der Waals surface area contributed by atoms with E-state index in [4.69, 9.17) is 14.5 Å². The van der Waals surface area contributed by atoms with E-state index in [1.165, 1.54) is 4.88 Å². The SMILES string of the molecule is CCOC(=O)C1CCc2sc(N3CCC(COC)C3)nc21. The highest BCUT2D eigenvalue weighted by molar-refractivity contribution is 7.15. The maximum absolute atomic E-state index is 12.0. The Labute approximate surface area is 129 Å². The van der Waals surface area contributed by atoms with Crippen molar-refractivity contribution >= 4 is 22.4 Å². The van der Waals surface area contributed by atoms with Gasteiger partial charge in [-0.05, 0) is 26.2 Å². The summed E-state index contributed by atoms with van der Waals surface area (Å²) in [6, 6.07) is 0. The van der Waals surface area contributed by atoms with Crippen LogP contribution in [0.15, 0.2) is 0 Å². The summed E-state index contributed by atoms with van der Waals surface area (Å²) >= 11 is 1.74. The van der Waals surface area contributed by atoms with Crippen molar-refractivity contribution in [3.8, 4) is 0 Å². The molecule has 0 aromatic carbocycles. The van der Waals surface area contributed by atoms with Crippen LogP contribution in [-0.2, 0) is 20.7 Å². The molecule has 21 heavy (non-hydrogen) atoms. The molecule has 0 bridgehead atoms. The predicted octanol–water partition coefficient (Wildman–Crippen LogP) is 2.21. The second-order valence-corrected chi connectivity index (χ2v) is 6.77. The first-order valence-corrected chi connectivity index (χ1v) is 8.44. The summed E-state index contributed by atoms with van der Waals surface area (Å²) < 4.78 is 10.4. The highest BCUT2D eigenvalue weighted by atomic mass is 32.1. The van der Waals surface area contributed by atoms with Crippen molar-refractivity contribution in [1.82, 2.24) is 4.98 Å². The van der Waals surface area contributed by atoms with Gasteiger partial charge >= 0.3 is 5.97 Å². The van der Waals surface area contributed by atoms with E-state index in [1.807, 2.05) is 6.92 Å². The summed E-state index contributed by atoms with van der Waals surface area (Å²) in [5, 5.41) is 1.06. The van der Waals surface area contributed by atoms with E-state index < -0.39 is 0 Å². The number of hydrogen-bond donors (Lipinski definition) is 0. The molecule has 0 N–H and O–H groups in total. The molecule has 2 atom stereocenters. The Morgan fingerprint density at radius 1 is 1.48 bits per heavy atom. The van der Waals surface area contributed by atoms with Gasteiger partial charge in [0.15, 0.2) is 5.13 Å². The Morgan fingerprint density at radius 2 is 2.33 bits per heavy atom. The lowest BCUT2D eigenvalue weighted by Crippen LogP contribution is -2.21. The third kappa shape index (κ3) is 2.92. The maximum Gasteiger partial charge on any atom is 0.315 e. The first-order chi connectivity index (χ1) is 10.2. The van der Waals surface area contributed by atoms with Crippen molar-refractivity contribution < 1.29 is 14.3 Å². The number of ether oxygens (including phenoxy) is 2. The lowest BCUT2D eigenvalue weighted by molar-refractivity contribution is -0.145. The van der Waals surface area contributed by atoms with Gasteiger partial charge in [-0.25, -0.2) is 4.98 Å². The standard InChI is InChI=1S/C15H22N2O3S/c1-3-20-14(18)11-4-5-12-13(11)16-15(21-12)17-7-6-10(8-17)9-19-2/h10-11H,3-9H2,1-2H3. The van der Waals surface area contributed by atoms with Gasteiger partial charge in [-0.2, -0.15) is 0 Å². The van der Waals surface area contributed by atoms with E-state index in [0.29, 0.717) is 12.5 Å². The van der Waals surface area contributed by atoms with Gasteiger partial charge < -0.3 is 14.4 Å². The third-order valence-corrected chi connectivity index (χ3v) is 5.43. The van der Waals surface area contributed by atoms with Crippen LogP contribution in [0.2, 0.25) is 0 Å². The monoisotopic (exact) mass is 310 g/mol. The van der Waals surface area contributed by atoms with Crippen molar-refractivity contribution in [2.45, 2.75) is 32.1 Å². The van der Waals surface area contributed by atoms with Gasteiger partial charge in [0.2, 0.25) is 0 Å². The Hall–Kier alpha value is -1.14. The van der Waals surface area contributed by atoms with Crippen molar-refractivity contribution in [1.29, 1.82) is 0 Å². The zero-order valence-corrected chi connectivity index (χ0v) is 13.4. The first-order valence-electron chi connectivity index (χ1n) is 7.63. The summed E-state index contributed by atoms with van der Waals surface area (Å²) in [7, 11) is 1.75. The molecule has 116 valence electrons. The van der Waals surface area contributed by atoms with Crippen LogP contribution in [0.5, 0.6) is 0 Å². The molecule has 1 aromatic rings. The van der Waals surface area contributed by atoms with Crippen LogP contribution in [-0.4, -0.2) is 44.4 Å². The molecule has 2 aliphatic rings. The molecule has 5 nitrogen and oxygen atoms in total. The molecule has 1 aliphatic carbocycles. The molecule has 1 saturated heterocycles. The molecule has 1 aliphatic heterocycles. The lowest BCUT2D eigenvalue weighted by Gasteiger charge is -2.15. The van der Waals surface area contributed by atoms with Crippen molar-refractivity contribution in [3.05, 3.63) is 10.6 Å². The molecule has 6 heteroatoms. The Morgan fingerprint density at radius 3 is 3.10 bits per heavy atom. The van der Waals surface area contributed by atoms with Gasteiger partial charge in [0, 0.05) is 31.0 Å². The Kier molecular flexibility index (Phi) is 4.45. The van der Waals surface area contributed by atoms with Crippen LogP contribution >= 0.6 is 11.3 Å². The number of fused-ring (bicyclic) bond motifs is 1. The number of esters is 1. The van der Waals surface area contributed by atoms with E-state index in [0.717, 1.165) is 49.8 Å². The van der Waals surface area contributed by atoms with Gasteiger partial charge in [-0.15, -0.1) is 11.3 Å². The number of hydrogen-bond acceptors (Lipinski definition) is 6. The fourth-order valence-corrected chi connectivity index (χ4v) is 4.37. The molecule has 0 saturated carbocycles. The van der Waals surface area contributed by atoms with E-state index in [1.54, 1.807) is 18.4 Å². The molecule has 0 spiro atoms. The van der Waals surface area contributed by atoms with Gasteiger partial charge in [0.25, 0.3) is 0 Å². The third-order valence-electron chi connectivity index (χ3n) is 4.24. The lowest BCUT2D eigenvalue weighted by atomic mass is 10.1. The molecule has 2 heterocycles. The van der Waals surface area contributed by atoms with Crippen molar-refractivity contribution in [2.75, 3.05) is 38.3 Å². The van der Waals surface area contributed by atoms with E-state index in [2.05, 4.69) is 4.90 Å². The minimum Gasteiger partial charge on any atom is -0.465 e. The molecule has 1 fully saturated rings. The fourth-order valence-electron chi connectivity index (χ4n) is 3.20. The number of aryl methyl sites for hydroxylation is 1. The number of methoxy groups -OCH3 is 1. The summed E-state index contributed by atoms with van der Waals surface area (Å²) in [5.41, 5.74) is 0.962. The number of carbonyl (C=O) groups is 1. The average Bonchev–Trinajstić information content (AvgIpc) is 3.12. The molecular weight excluding hydrogens is 288 g/mol. The second-order valence-electron chi connectivity index (χ2n) is 5.70. The highest BCUT2D eigenvalue weighted by Gasteiger charge is 2.35. The first kappa shape index (κ1) is 14.8. The van der Waals surface area contributed by atoms with E-state index >= 15 is 0 Å². The van der Waals surface area contributed by atoms with Crippen LogP contribution in [0.4, 0.5) is 5.13 Å². The van der Waals surface area contributed by atoms with Crippen molar-refractivity contribution in [3.63, 3.8) is 0 Å². The number of rotatable bonds is 5. The number of aromatic nitrogens is 1. The largest absolute Gasteiger partial charge is 0.465 e. The van der Waals surface area contributed by atoms with Gasteiger partial charge in [-0.3, -0.25) is 4.79 Å². The number of carbonyl (C=O) groups excluding carboxylic acids is 1. The smallest absolute Gasteiger partial charge is 0.315 e. The number of anilines is 1. The zero-order valence-electron chi connectivity index (χ0n) is 12.6. The van der Waals surface area contributed by atoms with Crippen LogP contribution in [0.1, 0.15) is 36.3 Å². The topological polar surface area (TPSA) is 51.7 Å². The number of nitrogens with zero attached hydrogens (tertiary/aromatic N) is 2. The molecule has 2 unspecified atom stereocenters. The minimum absolute atomic E-state index is 0.119. The Balaban J connectivity index is 1.71. The van der Waals surface area contributed by atoms with Crippen LogP contribution in [0.3, 0.4) is 0 Å². The van der Waals surface area contributed by atoms with Gasteiger partial charge in [-0.1, -0.05) is 0 Å². The zero-order chi connectivity index (χ0) is 14.8.